The van der Waals surface area contributed by atoms with Crippen LogP contribution >= 0.6 is 0 Å². The van der Waals surface area contributed by atoms with E-state index in [0.29, 0.717) is 25.7 Å². The van der Waals surface area contributed by atoms with Crippen LogP contribution in [-0.2, 0) is 29.1 Å². The van der Waals surface area contributed by atoms with E-state index in [-0.39, 0.29) is 25.8 Å². The Morgan fingerprint density at radius 2 is 1.80 bits per heavy atom. The van der Waals surface area contributed by atoms with Crippen molar-refractivity contribution in [3.63, 3.8) is 0 Å². The highest BCUT2D eigenvalue weighted by Gasteiger charge is 2.55. The molecule has 0 aromatic heterocycles. The molecule has 3 fully saturated rings. The molecule has 2 saturated carbocycles. The van der Waals surface area contributed by atoms with Crippen LogP contribution in [0.4, 0.5) is 4.79 Å². The quantitative estimate of drug-likeness (QED) is 0.187. The van der Waals surface area contributed by atoms with E-state index in [2.05, 4.69) is 21.4 Å². The van der Waals surface area contributed by atoms with Crippen molar-refractivity contribution in [2.75, 3.05) is 6.54 Å². The molecule has 0 aromatic carbocycles. The Hall–Kier alpha value is -2.67. The molecule has 3 atom stereocenters. The zero-order valence-electron chi connectivity index (χ0n) is 23.9. The molecule has 1 saturated heterocycles. The number of nitrogens with zero attached hydrogens (tertiary/aromatic N) is 1. The van der Waals surface area contributed by atoms with Gasteiger partial charge in [0.25, 0.3) is 5.91 Å². The van der Waals surface area contributed by atoms with E-state index in [1.807, 2.05) is 13.0 Å². The standard InChI is InChI=1S/C27H44N4O8S/c1-5-6-7-8-9-10-11-20(28-25(36)39-26(2,3)4)23(34)31-17-18(32)16-21(31)22(33)29-27(14-15-27)24(35)30-40(37,38)19-12-13-19/h5-6,18-21,32H,7-17H2,1-4H3,(H,28,36)(H,29,33)(H,30,35)/b6-5-/t18-,20+,21+/m1/s1. The van der Waals surface area contributed by atoms with Crippen molar-refractivity contribution in [3.05, 3.63) is 12.2 Å². The maximum Gasteiger partial charge on any atom is 0.408 e. The molecule has 226 valence electrons. The van der Waals surface area contributed by atoms with E-state index in [1.54, 1.807) is 20.8 Å². The van der Waals surface area contributed by atoms with E-state index in [1.165, 1.54) is 4.90 Å². The van der Waals surface area contributed by atoms with Crippen molar-refractivity contribution >= 4 is 33.8 Å². The van der Waals surface area contributed by atoms with Crippen LogP contribution in [-0.4, -0.2) is 83.4 Å². The molecule has 0 aromatic rings. The zero-order chi connectivity index (χ0) is 29.7. The van der Waals surface area contributed by atoms with Crippen LogP contribution in [0.25, 0.3) is 0 Å². The minimum Gasteiger partial charge on any atom is -0.444 e. The Morgan fingerprint density at radius 1 is 1.12 bits per heavy atom. The van der Waals surface area contributed by atoms with Gasteiger partial charge in [0.05, 0.1) is 11.4 Å². The van der Waals surface area contributed by atoms with Crippen molar-refractivity contribution < 1.29 is 37.4 Å². The van der Waals surface area contributed by atoms with E-state index >= 15 is 0 Å². The van der Waals surface area contributed by atoms with Gasteiger partial charge < -0.3 is 25.4 Å². The van der Waals surface area contributed by atoms with E-state index in [0.717, 1.165) is 19.3 Å². The number of carbonyl (C=O) groups excluding carboxylic acids is 4. The first kappa shape index (κ1) is 31.9. The monoisotopic (exact) mass is 584 g/mol. The summed E-state index contributed by atoms with van der Waals surface area (Å²) in [5.74, 6) is -1.96. The molecule has 12 nitrogen and oxygen atoms in total. The van der Waals surface area contributed by atoms with Crippen molar-refractivity contribution in [1.29, 1.82) is 0 Å². The van der Waals surface area contributed by atoms with Crippen molar-refractivity contribution in [2.24, 2.45) is 0 Å². The fraction of sp³-hybridized carbons (Fsp3) is 0.778. The molecule has 40 heavy (non-hydrogen) atoms. The van der Waals surface area contributed by atoms with Gasteiger partial charge >= 0.3 is 6.09 Å². The Morgan fingerprint density at radius 3 is 2.38 bits per heavy atom. The number of unbranched alkanes of at least 4 members (excludes halogenated alkanes) is 3. The highest BCUT2D eigenvalue weighted by atomic mass is 32.2. The molecule has 0 unspecified atom stereocenters. The number of carbonyl (C=O) groups is 4. The molecule has 13 heteroatoms. The van der Waals surface area contributed by atoms with Crippen LogP contribution in [0.15, 0.2) is 12.2 Å². The van der Waals surface area contributed by atoms with Crippen molar-refractivity contribution in [2.45, 2.75) is 126 Å². The Bertz CT molecular complexity index is 1090. The largest absolute Gasteiger partial charge is 0.444 e. The van der Waals surface area contributed by atoms with Gasteiger partial charge in [-0.25, -0.2) is 13.2 Å². The fourth-order valence-electron chi connectivity index (χ4n) is 4.71. The molecule has 0 radical (unpaired) electrons. The molecule has 1 aliphatic heterocycles. The zero-order valence-corrected chi connectivity index (χ0v) is 24.7. The number of β-amino-alcohol motifs (C(OH)–C–C–N with tert-alkyl or cyclic N) is 1. The van der Waals surface area contributed by atoms with Gasteiger partial charge in [0.1, 0.15) is 23.2 Å². The Balaban J connectivity index is 1.68. The summed E-state index contributed by atoms with van der Waals surface area (Å²) in [5, 5.41) is 15.1. The third-order valence-electron chi connectivity index (χ3n) is 7.20. The summed E-state index contributed by atoms with van der Waals surface area (Å²) >= 11 is 0. The number of likely N-dealkylation sites (tertiary alicyclic amines) is 1. The third kappa shape index (κ3) is 8.92. The highest BCUT2D eigenvalue weighted by Crippen LogP contribution is 2.37. The van der Waals surface area contributed by atoms with Crippen molar-refractivity contribution in [3.8, 4) is 0 Å². The maximum atomic E-state index is 13.7. The number of allylic oxidation sites excluding steroid dienone is 2. The molecule has 3 aliphatic rings. The minimum absolute atomic E-state index is 0.0435. The Kier molecular flexibility index (Phi) is 10.3. The number of ether oxygens (including phenoxy) is 1. The molecular formula is C27H44N4O8S. The van der Waals surface area contributed by atoms with Gasteiger partial charge in [-0.2, -0.15) is 0 Å². The van der Waals surface area contributed by atoms with Gasteiger partial charge in [0.15, 0.2) is 0 Å². The number of amides is 4. The van der Waals surface area contributed by atoms with Crippen LogP contribution in [0.1, 0.15) is 91.9 Å². The van der Waals surface area contributed by atoms with Gasteiger partial charge in [0, 0.05) is 13.0 Å². The SMILES string of the molecule is C/C=C\CCCCC[C@H](NC(=O)OC(C)(C)C)C(=O)N1C[C@H](O)C[C@H]1C(=O)NC1(C(=O)NS(=O)(=O)C2CC2)CC1. The smallest absolute Gasteiger partial charge is 0.408 e. The molecule has 2 aliphatic carbocycles. The van der Waals surface area contributed by atoms with Gasteiger partial charge in [-0.1, -0.05) is 25.0 Å². The first-order valence-electron chi connectivity index (χ1n) is 14.1. The average molecular weight is 585 g/mol. The first-order valence-corrected chi connectivity index (χ1v) is 15.7. The molecule has 4 N–H and O–H groups in total. The number of hydrogen-bond donors (Lipinski definition) is 4. The van der Waals surface area contributed by atoms with Gasteiger partial charge in [0.2, 0.25) is 21.8 Å². The summed E-state index contributed by atoms with van der Waals surface area (Å²) in [6.45, 7) is 6.97. The first-order chi connectivity index (χ1) is 18.7. The van der Waals surface area contributed by atoms with Gasteiger partial charge in [-0.05, 0) is 72.6 Å². The number of rotatable bonds is 13. The lowest BCUT2D eigenvalue weighted by Crippen LogP contribution is -2.57. The van der Waals surface area contributed by atoms with Crippen LogP contribution in [0.3, 0.4) is 0 Å². The van der Waals surface area contributed by atoms with Crippen LogP contribution < -0.4 is 15.4 Å². The van der Waals surface area contributed by atoms with Crippen LogP contribution in [0, 0.1) is 0 Å². The average Bonchev–Trinajstić information content (AvgIpc) is 3.77. The topological polar surface area (TPSA) is 171 Å². The number of hydrogen-bond acceptors (Lipinski definition) is 8. The Labute approximate surface area is 236 Å². The number of nitrogens with one attached hydrogen (secondary N) is 3. The third-order valence-corrected chi connectivity index (χ3v) is 9.02. The van der Waals surface area contributed by atoms with E-state index in [9.17, 15) is 32.7 Å². The molecular weight excluding hydrogens is 540 g/mol. The second-order valence-corrected chi connectivity index (χ2v) is 14.0. The summed E-state index contributed by atoms with van der Waals surface area (Å²) in [7, 11) is -3.78. The minimum atomic E-state index is -3.78. The molecule has 4 amide bonds. The number of alkyl carbamates (subject to hydrolysis) is 1. The van der Waals surface area contributed by atoms with E-state index in [4.69, 9.17) is 4.74 Å². The second kappa shape index (κ2) is 12.9. The number of sulfonamides is 1. The summed E-state index contributed by atoms with van der Waals surface area (Å²) in [6.07, 6.45) is 7.42. The molecule has 0 bridgehead atoms. The molecule has 0 spiro atoms. The van der Waals surface area contributed by atoms with Gasteiger partial charge in [-0.15, -0.1) is 0 Å². The molecule has 3 rings (SSSR count). The summed E-state index contributed by atoms with van der Waals surface area (Å²) < 4.78 is 31.9. The summed E-state index contributed by atoms with van der Waals surface area (Å²) in [6, 6.07) is -2.05. The predicted octanol–water partition coefficient (Wildman–Crippen LogP) is 1.63. The fourth-order valence-corrected chi connectivity index (χ4v) is 6.09. The van der Waals surface area contributed by atoms with E-state index < -0.39 is 68.4 Å². The maximum absolute atomic E-state index is 13.7. The molecule has 1 heterocycles. The predicted molar refractivity (Wildman–Crippen MR) is 147 cm³/mol. The van der Waals surface area contributed by atoms with Crippen molar-refractivity contribution in [1.82, 2.24) is 20.3 Å². The normalized spacial score (nSPS) is 23.0. The lowest BCUT2D eigenvalue weighted by Gasteiger charge is -2.30. The van der Waals surface area contributed by atoms with Gasteiger partial charge in [-0.3, -0.25) is 19.1 Å². The lowest BCUT2D eigenvalue weighted by molar-refractivity contribution is -0.141. The second-order valence-electron chi connectivity index (χ2n) is 12.0. The highest BCUT2D eigenvalue weighted by molar-refractivity contribution is 7.91. The summed E-state index contributed by atoms with van der Waals surface area (Å²) in [5.41, 5.74) is -2.13. The van der Waals surface area contributed by atoms with Crippen LogP contribution in [0.2, 0.25) is 0 Å². The number of aliphatic hydroxyl groups is 1. The lowest BCUT2D eigenvalue weighted by atomic mass is 10.0. The number of aliphatic hydroxyl groups excluding tert-OH is 1. The van der Waals surface area contributed by atoms with Crippen LogP contribution in [0.5, 0.6) is 0 Å². The summed E-state index contributed by atoms with van der Waals surface area (Å²) in [4.78, 5) is 53.5.